The lowest BCUT2D eigenvalue weighted by Gasteiger charge is -2.13. The molecule has 1 unspecified atom stereocenters. The third-order valence-electron chi connectivity index (χ3n) is 2.92. The molecule has 0 fully saturated rings. The van der Waals surface area contributed by atoms with Gasteiger partial charge in [-0.1, -0.05) is 18.2 Å². The van der Waals surface area contributed by atoms with Gasteiger partial charge >= 0.3 is 0 Å². The van der Waals surface area contributed by atoms with E-state index >= 15 is 0 Å². The highest BCUT2D eigenvalue weighted by molar-refractivity contribution is 7.99. The monoisotopic (exact) mass is 251 g/mol. The molecule has 0 radical (unpaired) electrons. The van der Waals surface area contributed by atoms with Crippen molar-refractivity contribution in [1.82, 2.24) is 5.32 Å². The molecular weight excluding hydrogens is 230 g/mol. The van der Waals surface area contributed by atoms with Crippen LogP contribution in [0.5, 0.6) is 0 Å². The van der Waals surface area contributed by atoms with Crippen molar-refractivity contribution in [2.75, 3.05) is 25.4 Å². The van der Waals surface area contributed by atoms with E-state index in [1.165, 1.54) is 16.2 Å². The normalized spacial score (nSPS) is 18.6. The van der Waals surface area contributed by atoms with Crippen LogP contribution < -0.4 is 5.32 Å². The molecule has 1 heterocycles. The van der Waals surface area contributed by atoms with Gasteiger partial charge in [-0.2, -0.15) is 0 Å². The van der Waals surface area contributed by atoms with E-state index in [0.717, 1.165) is 19.7 Å². The van der Waals surface area contributed by atoms with Gasteiger partial charge in [0.05, 0.1) is 12.7 Å². The van der Waals surface area contributed by atoms with Crippen LogP contribution in [0.4, 0.5) is 0 Å². The van der Waals surface area contributed by atoms with Crippen molar-refractivity contribution in [3.8, 4) is 0 Å². The molecule has 1 aliphatic rings. The van der Waals surface area contributed by atoms with Gasteiger partial charge in [-0.15, -0.1) is 11.8 Å². The van der Waals surface area contributed by atoms with Crippen molar-refractivity contribution in [2.24, 2.45) is 0 Å². The van der Waals surface area contributed by atoms with Crippen LogP contribution in [0.2, 0.25) is 0 Å². The highest BCUT2D eigenvalue weighted by atomic mass is 32.2. The number of rotatable bonds is 6. The van der Waals surface area contributed by atoms with Crippen molar-refractivity contribution < 1.29 is 4.74 Å². The molecule has 1 N–H and O–H groups in total. The fourth-order valence-corrected chi connectivity index (χ4v) is 3.30. The summed E-state index contributed by atoms with van der Waals surface area (Å²) in [5.41, 5.74) is 1.51. The summed E-state index contributed by atoms with van der Waals surface area (Å²) in [4.78, 5) is 1.46. The zero-order valence-electron chi connectivity index (χ0n) is 10.6. The first-order valence-corrected chi connectivity index (χ1v) is 7.30. The Bertz CT molecular complexity index is 354. The predicted octanol–water partition coefficient (Wildman–Crippen LogP) is 2.89. The molecule has 0 aliphatic carbocycles. The Labute approximate surface area is 108 Å². The average Bonchev–Trinajstić information content (AvgIpc) is 2.72. The van der Waals surface area contributed by atoms with Crippen LogP contribution in [0.1, 0.15) is 25.3 Å². The summed E-state index contributed by atoms with van der Waals surface area (Å²) in [6.45, 7) is 6.96. The maximum absolute atomic E-state index is 5.51. The second-order valence-corrected chi connectivity index (χ2v) is 5.73. The largest absolute Gasteiger partial charge is 0.377 e. The Morgan fingerprint density at radius 3 is 3.06 bits per heavy atom. The van der Waals surface area contributed by atoms with E-state index in [0.29, 0.717) is 12.0 Å². The molecule has 2 nitrogen and oxygen atoms in total. The molecule has 0 aromatic heterocycles. The smallest absolute Gasteiger partial charge is 0.0594 e. The summed E-state index contributed by atoms with van der Waals surface area (Å²) in [6.07, 6.45) is 0.333. The van der Waals surface area contributed by atoms with E-state index in [9.17, 15) is 0 Å². The van der Waals surface area contributed by atoms with Crippen LogP contribution in [0.15, 0.2) is 29.2 Å². The summed E-state index contributed by atoms with van der Waals surface area (Å²) in [5, 5.41) is 3.49. The standard InChI is InChI=1S/C14H21NOS/c1-11(2)16-8-7-15-9-12-10-17-14-6-4-3-5-13(12)14/h3-6,11-12,15H,7-10H2,1-2H3. The zero-order valence-corrected chi connectivity index (χ0v) is 11.4. The van der Waals surface area contributed by atoms with Crippen molar-refractivity contribution in [3.63, 3.8) is 0 Å². The number of ether oxygens (including phenoxy) is 1. The Morgan fingerprint density at radius 1 is 1.41 bits per heavy atom. The minimum absolute atomic E-state index is 0.333. The molecule has 1 atom stereocenters. The molecular formula is C14H21NOS. The fraction of sp³-hybridized carbons (Fsp3) is 0.571. The molecule has 0 saturated carbocycles. The maximum atomic E-state index is 5.51. The van der Waals surface area contributed by atoms with Gasteiger partial charge in [0.15, 0.2) is 0 Å². The molecule has 0 bridgehead atoms. The van der Waals surface area contributed by atoms with Crippen molar-refractivity contribution in [1.29, 1.82) is 0 Å². The van der Waals surface area contributed by atoms with E-state index in [1.54, 1.807) is 0 Å². The van der Waals surface area contributed by atoms with Crippen molar-refractivity contribution in [3.05, 3.63) is 29.8 Å². The van der Waals surface area contributed by atoms with Crippen LogP contribution in [0.25, 0.3) is 0 Å². The second kappa shape index (κ2) is 6.43. The minimum Gasteiger partial charge on any atom is -0.377 e. The van der Waals surface area contributed by atoms with Crippen molar-refractivity contribution >= 4 is 11.8 Å². The van der Waals surface area contributed by atoms with Crippen LogP contribution >= 0.6 is 11.8 Å². The molecule has 94 valence electrons. The van der Waals surface area contributed by atoms with E-state index in [-0.39, 0.29) is 0 Å². The van der Waals surface area contributed by atoms with Gasteiger partial charge in [0.2, 0.25) is 0 Å². The first-order valence-electron chi connectivity index (χ1n) is 6.31. The fourth-order valence-electron chi connectivity index (χ4n) is 2.04. The molecule has 3 heteroatoms. The first kappa shape index (κ1) is 12.9. The first-order chi connectivity index (χ1) is 8.27. The average molecular weight is 251 g/mol. The number of benzene rings is 1. The van der Waals surface area contributed by atoms with Gasteiger partial charge in [-0.25, -0.2) is 0 Å². The topological polar surface area (TPSA) is 21.3 Å². The highest BCUT2D eigenvalue weighted by Gasteiger charge is 2.21. The van der Waals surface area contributed by atoms with Crippen LogP contribution in [-0.2, 0) is 4.74 Å². The Hall–Kier alpha value is -0.510. The van der Waals surface area contributed by atoms with Gasteiger partial charge in [0, 0.05) is 29.7 Å². The number of nitrogens with one attached hydrogen (secondary N) is 1. The van der Waals surface area contributed by atoms with Gasteiger partial charge in [-0.3, -0.25) is 0 Å². The Kier molecular flexibility index (Phi) is 4.89. The third kappa shape index (κ3) is 3.73. The third-order valence-corrected chi connectivity index (χ3v) is 4.17. The molecule has 0 amide bonds. The van der Waals surface area contributed by atoms with E-state index in [1.807, 2.05) is 11.8 Å². The van der Waals surface area contributed by atoms with E-state index in [2.05, 4.69) is 43.4 Å². The molecule has 1 aromatic carbocycles. The van der Waals surface area contributed by atoms with Gasteiger partial charge in [0.25, 0.3) is 0 Å². The molecule has 17 heavy (non-hydrogen) atoms. The molecule has 1 aromatic rings. The number of hydrogen-bond donors (Lipinski definition) is 1. The number of thioether (sulfide) groups is 1. The molecule has 0 saturated heterocycles. The number of hydrogen-bond acceptors (Lipinski definition) is 3. The second-order valence-electron chi connectivity index (χ2n) is 4.67. The van der Waals surface area contributed by atoms with Gasteiger partial charge in [0.1, 0.15) is 0 Å². The SMILES string of the molecule is CC(C)OCCNCC1CSc2ccccc21. The Balaban J connectivity index is 1.71. The molecule has 1 aliphatic heterocycles. The highest BCUT2D eigenvalue weighted by Crippen LogP contribution is 2.38. The summed E-state index contributed by atoms with van der Waals surface area (Å²) in [6, 6.07) is 8.74. The van der Waals surface area contributed by atoms with E-state index < -0.39 is 0 Å². The summed E-state index contributed by atoms with van der Waals surface area (Å²) in [7, 11) is 0. The lowest BCUT2D eigenvalue weighted by molar-refractivity contribution is 0.0808. The maximum Gasteiger partial charge on any atom is 0.0594 e. The van der Waals surface area contributed by atoms with Gasteiger partial charge < -0.3 is 10.1 Å². The minimum atomic E-state index is 0.333. The van der Waals surface area contributed by atoms with E-state index in [4.69, 9.17) is 4.74 Å². The lowest BCUT2D eigenvalue weighted by Crippen LogP contribution is -2.26. The number of fused-ring (bicyclic) bond motifs is 1. The van der Waals surface area contributed by atoms with Gasteiger partial charge in [-0.05, 0) is 25.5 Å². The predicted molar refractivity (Wildman–Crippen MR) is 73.9 cm³/mol. The summed E-state index contributed by atoms with van der Waals surface area (Å²) < 4.78 is 5.51. The summed E-state index contributed by atoms with van der Waals surface area (Å²) in [5.74, 6) is 1.87. The molecule has 2 rings (SSSR count). The van der Waals surface area contributed by atoms with Crippen molar-refractivity contribution in [2.45, 2.75) is 30.8 Å². The lowest BCUT2D eigenvalue weighted by atomic mass is 10.0. The quantitative estimate of drug-likeness (QED) is 0.786. The molecule has 0 spiro atoms. The van der Waals surface area contributed by atoms with Crippen LogP contribution in [0.3, 0.4) is 0 Å². The van der Waals surface area contributed by atoms with Crippen LogP contribution in [-0.4, -0.2) is 31.6 Å². The van der Waals surface area contributed by atoms with Crippen LogP contribution in [0, 0.1) is 0 Å². The zero-order chi connectivity index (χ0) is 12.1. The Morgan fingerprint density at radius 2 is 2.24 bits per heavy atom. The summed E-state index contributed by atoms with van der Waals surface area (Å²) >= 11 is 1.97.